The van der Waals surface area contributed by atoms with Gasteiger partial charge in [-0.2, -0.15) is 0 Å². The van der Waals surface area contributed by atoms with Gasteiger partial charge in [0.25, 0.3) is 0 Å². The second-order valence-electron chi connectivity index (χ2n) is 5.53. The molecule has 0 saturated heterocycles. The van der Waals surface area contributed by atoms with Gasteiger partial charge in [0, 0.05) is 10.9 Å². The maximum absolute atomic E-state index is 12.0. The maximum Gasteiger partial charge on any atom is 0.224 e. The molecule has 0 aromatic heterocycles. The van der Waals surface area contributed by atoms with Crippen LogP contribution in [0.2, 0.25) is 5.02 Å². The van der Waals surface area contributed by atoms with Crippen molar-refractivity contribution in [2.24, 2.45) is 5.92 Å². The van der Waals surface area contributed by atoms with Gasteiger partial charge >= 0.3 is 0 Å². The molecular formula is C14H18ClNO2. The predicted molar refractivity (Wildman–Crippen MR) is 71.6 cm³/mol. The standard InChI is InChI=1S/C14H18ClNO2/c1-14(2,8-17)16-13(18)12-7-11(12)9-4-3-5-10(15)6-9/h3-6,11-12,17H,7-8H2,1-2H3,(H,16,18). The van der Waals surface area contributed by atoms with Crippen LogP contribution in [-0.4, -0.2) is 23.2 Å². The van der Waals surface area contributed by atoms with Crippen LogP contribution < -0.4 is 5.32 Å². The zero-order valence-corrected chi connectivity index (χ0v) is 11.4. The second-order valence-corrected chi connectivity index (χ2v) is 5.97. The van der Waals surface area contributed by atoms with Crippen LogP contribution in [0.1, 0.15) is 31.7 Å². The summed E-state index contributed by atoms with van der Waals surface area (Å²) in [7, 11) is 0. The minimum Gasteiger partial charge on any atom is -0.394 e. The molecule has 1 aliphatic rings. The summed E-state index contributed by atoms with van der Waals surface area (Å²) in [6.07, 6.45) is 0.855. The molecule has 2 atom stereocenters. The summed E-state index contributed by atoms with van der Waals surface area (Å²) >= 11 is 5.94. The molecular weight excluding hydrogens is 250 g/mol. The molecule has 0 heterocycles. The van der Waals surface area contributed by atoms with Gasteiger partial charge in [0.1, 0.15) is 0 Å². The average Bonchev–Trinajstić information content (AvgIpc) is 3.08. The van der Waals surface area contributed by atoms with Crippen molar-refractivity contribution >= 4 is 17.5 Å². The molecule has 1 aromatic carbocycles. The summed E-state index contributed by atoms with van der Waals surface area (Å²) in [4.78, 5) is 12.0. The lowest BCUT2D eigenvalue weighted by molar-refractivity contribution is -0.124. The summed E-state index contributed by atoms with van der Waals surface area (Å²) in [5.74, 6) is 0.284. The Kier molecular flexibility index (Phi) is 3.64. The third-order valence-corrected chi connectivity index (χ3v) is 3.50. The van der Waals surface area contributed by atoms with E-state index in [0.717, 1.165) is 12.0 Å². The number of nitrogens with one attached hydrogen (secondary N) is 1. The number of amides is 1. The molecule has 98 valence electrons. The Balaban J connectivity index is 1.97. The fourth-order valence-corrected chi connectivity index (χ4v) is 2.25. The fraction of sp³-hybridized carbons (Fsp3) is 0.500. The van der Waals surface area contributed by atoms with Crippen molar-refractivity contribution in [2.75, 3.05) is 6.61 Å². The van der Waals surface area contributed by atoms with Crippen LogP contribution in [-0.2, 0) is 4.79 Å². The van der Waals surface area contributed by atoms with Crippen LogP contribution in [0.15, 0.2) is 24.3 Å². The molecule has 3 nitrogen and oxygen atoms in total. The number of hydrogen-bond acceptors (Lipinski definition) is 2. The highest BCUT2D eigenvalue weighted by molar-refractivity contribution is 6.30. The Hall–Kier alpha value is -1.06. The largest absolute Gasteiger partial charge is 0.394 e. The van der Waals surface area contributed by atoms with Crippen LogP contribution in [0.5, 0.6) is 0 Å². The molecule has 1 saturated carbocycles. The van der Waals surface area contributed by atoms with Crippen LogP contribution in [0, 0.1) is 5.92 Å². The predicted octanol–water partition coefficient (Wildman–Crippen LogP) is 2.33. The summed E-state index contributed by atoms with van der Waals surface area (Å²) < 4.78 is 0. The number of aliphatic hydroxyl groups is 1. The van der Waals surface area contributed by atoms with E-state index in [2.05, 4.69) is 5.32 Å². The Morgan fingerprint density at radius 1 is 1.56 bits per heavy atom. The van der Waals surface area contributed by atoms with Gasteiger partial charge in [-0.3, -0.25) is 4.79 Å². The van der Waals surface area contributed by atoms with Crippen molar-refractivity contribution < 1.29 is 9.90 Å². The third kappa shape index (κ3) is 3.03. The van der Waals surface area contributed by atoms with Gasteiger partial charge in [-0.1, -0.05) is 23.7 Å². The lowest BCUT2D eigenvalue weighted by Gasteiger charge is -2.23. The van der Waals surface area contributed by atoms with E-state index >= 15 is 0 Å². The van der Waals surface area contributed by atoms with E-state index in [1.54, 1.807) is 0 Å². The van der Waals surface area contributed by atoms with Crippen LogP contribution >= 0.6 is 11.6 Å². The maximum atomic E-state index is 12.0. The highest BCUT2D eigenvalue weighted by Gasteiger charge is 2.45. The number of aliphatic hydroxyl groups excluding tert-OH is 1. The summed E-state index contributed by atoms with van der Waals surface area (Å²) in [5.41, 5.74) is 0.558. The number of benzene rings is 1. The first-order valence-corrected chi connectivity index (χ1v) is 6.49. The number of carbonyl (C=O) groups excluding carboxylic acids is 1. The van der Waals surface area contributed by atoms with Crippen molar-refractivity contribution in [3.8, 4) is 0 Å². The fourth-order valence-electron chi connectivity index (χ4n) is 2.06. The minimum atomic E-state index is -0.557. The highest BCUT2D eigenvalue weighted by atomic mass is 35.5. The van der Waals surface area contributed by atoms with Gasteiger partial charge in [-0.15, -0.1) is 0 Å². The first-order valence-electron chi connectivity index (χ1n) is 6.11. The molecule has 0 aliphatic heterocycles. The molecule has 0 spiro atoms. The van der Waals surface area contributed by atoms with Gasteiger partial charge in [-0.25, -0.2) is 0 Å². The highest BCUT2D eigenvalue weighted by Crippen LogP contribution is 2.48. The quantitative estimate of drug-likeness (QED) is 0.880. The Labute approximate surface area is 112 Å². The summed E-state index contributed by atoms with van der Waals surface area (Å²) in [6.45, 7) is 3.55. The molecule has 2 rings (SSSR count). The topological polar surface area (TPSA) is 49.3 Å². The molecule has 18 heavy (non-hydrogen) atoms. The van der Waals surface area contributed by atoms with Crippen molar-refractivity contribution in [3.63, 3.8) is 0 Å². The molecule has 4 heteroatoms. The van der Waals surface area contributed by atoms with E-state index in [9.17, 15) is 4.79 Å². The SMILES string of the molecule is CC(C)(CO)NC(=O)C1CC1c1cccc(Cl)c1. The van der Waals surface area contributed by atoms with Crippen molar-refractivity contribution in [2.45, 2.75) is 31.7 Å². The number of rotatable bonds is 4. The lowest BCUT2D eigenvalue weighted by atomic mass is 10.1. The van der Waals surface area contributed by atoms with Crippen molar-refractivity contribution in [3.05, 3.63) is 34.9 Å². The molecule has 1 amide bonds. The lowest BCUT2D eigenvalue weighted by Crippen LogP contribution is -2.47. The minimum absolute atomic E-state index is 0.00860. The van der Waals surface area contributed by atoms with Gasteiger partial charge in [-0.05, 0) is 43.9 Å². The normalized spacial score (nSPS) is 22.7. The molecule has 0 bridgehead atoms. The van der Waals surface area contributed by atoms with E-state index in [1.165, 1.54) is 0 Å². The third-order valence-electron chi connectivity index (χ3n) is 3.26. The van der Waals surface area contributed by atoms with E-state index in [0.29, 0.717) is 5.02 Å². The van der Waals surface area contributed by atoms with Gasteiger partial charge in [0.2, 0.25) is 5.91 Å². The number of halogens is 1. The second kappa shape index (κ2) is 4.90. The Morgan fingerprint density at radius 2 is 2.28 bits per heavy atom. The monoisotopic (exact) mass is 267 g/mol. The Bertz CT molecular complexity index is 459. The van der Waals surface area contributed by atoms with Gasteiger partial charge < -0.3 is 10.4 Å². The zero-order chi connectivity index (χ0) is 13.3. The molecule has 1 aromatic rings. The van der Waals surface area contributed by atoms with Crippen LogP contribution in [0.4, 0.5) is 0 Å². The summed E-state index contributed by atoms with van der Waals surface area (Å²) in [6, 6.07) is 7.65. The van der Waals surface area contributed by atoms with Crippen LogP contribution in [0.3, 0.4) is 0 Å². The van der Waals surface area contributed by atoms with E-state index in [4.69, 9.17) is 16.7 Å². The van der Waals surface area contributed by atoms with Crippen LogP contribution in [0.25, 0.3) is 0 Å². The number of carbonyl (C=O) groups is 1. The number of hydrogen-bond donors (Lipinski definition) is 2. The smallest absolute Gasteiger partial charge is 0.224 e. The zero-order valence-electron chi connectivity index (χ0n) is 10.6. The van der Waals surface area contributed by atoms with Gasteiger partial charge in [0.15, 0.2) is 0 Å². The first kappa shape index (κ1) is 13.4. The van der Waals surface area contributed by atoms with Gasteiger partial charge in [0.05, 0.1) is 12.1 Å². The van der Waals surface area contributed by atoms with E-state index < -0.39 is 5.54 Å². The van der Waals surface area contributed by atoms with Crippen molar-refractivity contribution in [1.29, 1.82) is 0 Å². The molecule has 1 aliphatic carbocycles. The van der Waals surface area contributed by atoms with Crippen molar-refractivity contribution in [1.82, 2.24) is 5.32 Å². The molecule has 0 radical (unpaired) electrons. The molecule has 2 N–H and O–H groups in total. The van der Waals surface area contributed by atoms with E-state index in [-0.39, 0.29) is 24.3 Å². The Morgan fingerprint density at radius 3 is 2.89 bits per heavy atom. The first-order chi connectivity index (χ1) is 8.43. The summed E-state index contributed by atoms with van der Waals surface area (Å²) in [5, 5.41) is 12.7. The van der Waals surface area contributed by atoms with E-state index in [1.807, 2.05) is 38.1 Å². The molecule has 1 fully saturated rings. The average molecular weight is 268 g/mol. The molecule has 2 unspecified atom stereocenters.